The largest absolute Gasteiger partial charge is 0.478 e. The number of hydrogen-bond acceptors (Lipinski definition) is 3. The first-order valence-electron chi connectivity index (χ1n) is 5.28. The fourth-order valence-electron chi connectivity index (χ4n) is 1.27. The standard InChI is InChI=1S/C11H17ClN2O/c1-2-3-4-5-6-15-11-8-9(13)7-10(12)14-11/h7-8H,2-6H2,1H3,(H2,13,14). The molecule has 0 unspecified atom stereocenters. The van der Waals surface area contributed by atoms with Gasteiger partial charge in [0.15, 0.2) is 0 Å². The maximum atomic E-state index is 5.74. The number of nitrogens with zero attached hydrogens (tertiary/aromatic N) is 1. The normalized spacial score (nSPS) is 10.3. The van der Waals surface area contributed by atoms with Crippen molar-refractivity contribution < 1.29 is 4.74 Å². The van der Waals surface area contributed by atoms with Crippen molar-refractivity contribution in [3.63, 3.8) is 0 Å². The number of nitrogen functional groups attached to an aromatic ring is 1. The molecular weight excluding hydrogens is 212 g/mol. The van der Waals surface area contributed by atoms with Gasteiger partial charge >= 0.3 is 0 Å². The lowest BCUT2D eigenvalue weighted by Crippen LogP contribution is -2.00. The van der Waals surface area contributed by atoms with E-state index in [4.69, 9.17) is 22.1 Å². The molecule has 0 saturated heterocycles. The molecule has 1 aromatic heterocycles. The van der Waals surface area contributed by atoms with Crippen molar-refractivity contribution in [2.75, 3.05) is 12.3 Å². The molecule has 1 heterocycles. The zero-order valence-corrected chi connectivity index (χ0v) is 9.76. The van der Waals surface area contributed by atoms with Gasteiger partial charge in [0.1, 0.15) is 5.15 Å². The van der Waals surface area contributed by atoms with Gasteiger partial charge in [0.25, 0.3) is 0 Å². The molecule has 0 amide bonds. The van der Waals surface area contributed by atoms with E-state index in [2.05, 4.69) is 11.9 Å². The van der Waals surface area contributed by atoms with E-state index in [0.717, 1.165) is 6.42 Å². The Balaban J connectivity index is 2.31. The number of anilines is 1. The van der Waals surface area contributed by atoms with Gasteiger partial charge in [-0.2, -0.15) is 0 Å². The average Bonchev–Trinajstić information content (AvgIpc) is 2.16. The Hall–Kier alpha value is -0.960. The molecule has 84 valence electrons. The molecule has 3 nitrogen and oxygen atoms in total. The Morgan fingerprint density at radius 3 is 2.80 bits per heavy atom. The number of aromatic nitrogens is 1. The van der Waals surface area contributed by atoms with Gasteiger partial charge in [-0.05, 0) is 12.5 Å². The minimum Gasteiger partial charge on any atom is -0.478 e. The van der Waals surface area contributed by atoms with Crippen molar-refractivity contribution in [1.82, 2.24) is 4.98 Å². The number of rotatable bonds is 6. The molecule has 0 aromatic carbocycles. The van der Waals surface area contributed by atoms with E-state index in [1.165, 1.54) is 19.3 Å². The third kappa shape index (κ3) is 4.88. The molecule has 15 heavy (non-hydrogen) atoms. The third-order valence-electron chi connectivity index (χ3n) is 2.04. The molecule has 0 atom stereocenters. The summed E-state index contributed by atoms with van der Waals surface area (Å²) in [5.41, 5.74) is 6.19. The molecule has 4 heteroatoms. The van der Waals surface area contributed by atoms with Crippen LogP contribution < -0.4 is 10.5 Å². The topological polar surface area (TPSA) is 48.1 Å². The minimum absolute atomic E-state index is 0.374. The summed E-state index contributed by atoms with van der Waals surface area (Å²) < 4.78 is 5.44. The molecule has 0 aliphatic carbocycles. The second kappa shape index (κ2) is 6.51. The molecule has 0 fully saturated rings. The fourth-order valence-corrected chi connectivity index (χ4v) is 1.48. The van der Waals surface area contributed by atoms with Crippen LogP contribution in [-0.2, 0) is 0 Å². The van der Waals surface area contributed by atoms with E-state index in [-0.39, 0.29) is 0 Å². The summed E-state index contributed by atoms with van der Waals surface area (Å²) in [4.78, 5) is 4.02. The number of pyridine rings is 1. The smallest absolute Gasteiger partial charge is 0.216 e. The lowest BCUT2D eigenvalue weighted by Gasteiger charge is -2.05. The zero-order chi connectivity index (χ0) is 11.1. The summed E-state index contributed by atoms with van der Waals surface area (Å²) in [5, 5.41) is 0.374. The van der Waals surface area contributed by atoms with Crippen molar-refractivity contribution in [3.05, 3.63) is 17.3 Å². The number of halogens is 1. The Kier molecular flexibility index (Phi) is 5.26. The van der Waals surface area contributed by atoms with E-state index in [0.29, 0.717) is 23.3 Å². The van der Waals surface area contributed by atoms with E-state index in [1.807, 2.05) is 0 Å². The quantitative estimate of drug-likeness (QED) is 0.601. The van der Waals surface area contributed by atoms with Gasteiger partial charge in [-0.15, -0.1) is 0 Å². The van der Waals surface area contributed by atoms with Crippen LogP contribution in [0.4, 0.5) is 5.69 Å². The van der Waals surface area contributed by atoms with Crippen LogP contribution in [0.5, 0.6) is 5.88 Å². The number of unbranched alkanes of at least 4 members (excludes halogenated alkanes) is 3. The predicted octanol–water partition coefficient (Wildman–Crippen LogP) is 3.28. The Morgan fingerprint density at radius 1 is 1.33 bits per heavy atom. The lowest BCUT2D eigenvalue weighted by molar-refractivity contribution is 0.294. The highest BCUT2D eigenvalue weighted by Gasteiger charge is 1.99. The first-order valence-corrected chi connectivity index (χ1v) is 5.66. The van der Waals surface area contributed by atoms with E-state index >= 15 is 0 Å². The van der Waals surface area contributed by atoms with Gasteiger partial charge in [0.05, 0.1) is 6.61 Å². The van der Waals surface area contributed by atoms with Gasteiger partial charge in [0, 0.05) is 11.8 Å². The summed E-state index contributed by atoms with van der Waals surface area (Å²) in [6.45, 7) is 2.85. The van der Waals surface area contributed by atoms with E-state index in [9.17, 15) is 0 Å². The van der Waals surface area contributed by atoms with Crippen molar-refractivity contribution >= 4 is 17.3 Å². The third-order valence-corrected chi connectivity index (χ3v) is 2.23. The summed E-state index contributed by atoms with van der Waals surface area (Å²) in [6, 6.07) is 3.29. The molecule has 1 aromatic rings. The molecule has 0 aliphatic rings. The summed E-state index contributed by atoms with van der Waals surface area (Å²) in [7, 11) is 0. The first-order chi connectivity index (χ1) is 7.22. The van der Waals surface area contributed by atoms with Crippen molar-refractivity contribution in [1.29, 1.82) is 0 Å². The van der Waals surface area contributed by atoms with Gasteiger partial charge in [-0.3, -0.25) is 0 Å². The van der Waals surface area contributed by atoms with Crippen LogP contribution in [0, 0.1) is 0 Å². The van der Waals surface area contributed by atoms with Gasteiger partial charge in [0.2, 0.25) is 5.88 Å². The molecule has 0 radical (unpaired) electrons. The Labute approximate surface area is 95.6 Å². The predicted molar refractivity (Wildman–Crippen MR) is 63.3 cm³/mol. The molecule has 0 saturated carbocycles. The SMILES string of the molecule is CCCCCCOc1cc(N)cc(Cl)n1. The fraction of sp³-hybridized carbons (Fsp3) is 0.545. The van der Waals surface area contributed by atoms with Crippen molar-refractivity contribution in [3.8, 4) is 5.88 Å². The average molecular weight is 229 g/mol. The summed E-state index contributed by atoms with van der Waals surface area (Å²) >= 11 is 5.74. The maximum absolute atomic E-state index is 5.74. The molecule has 0 aliphatic heterocycles. The van der Waals surface area contributed by atoms with Crippen LogP contribution in [0.1, 0.15) is 32.6 Å². The Morgan fingerprint density at radius 2 is 2.13 bits per heavy atom. The van der Waals surface area contributed by atoms with Crippen molar-refractivity contribution in [2.45, 2.75) is 32.6 Å². The Bertz CT molecular complexity index is 284. The molecule has 0 spiro atoms. The second-order valence-corrected chi connectivity index (χ2v) is 3.86. The van der Waals surface area contributed by atoms with Crippen LogP contribution in [0.15, 0.2) is 12.1 Å². The second-order valence-electron chi connectivity index (χ2n) is 3.47. The molecule has 0 bridgehead atoms. The van der Waals surface area contributed by atoms with Crippen LogP contribution in [0.2, 0.25) is 5.15 Å². The highest BCUT2D eigenvalue weighted by atomic mass is 35.5. The molecule has 1 rings (SSSR count). The monoisotopic (exact) mass is 228 g/mol. The molecule has 2 N–H and O–H groups in total. The van der Waals surface area contributed by atoms with Gasteiger partial charge in [-0.25, -0.2) is 4.98 Å². The number of nitrogens with two attached hydrogens (primary N) is 1. The summed E-state index contributed by atoms with van der Waals surface area (Å²) in [6.07, 6.45) is 4.70. The maximum Gasteiger partial charge on any atom is 0.216 e. The highest BCUT2D eigenvalue weighted by molar-refractivity contribution is 6.29. The van der Waals surface area contributed by atoms with Crippen LogP contribution >= 0.6 is 11.6 Å². The zero-order valence-electron chi connectivity index (χ0n) is 9.00. The molecular formula is C11H17ClN2O. The van der Waals surface area contributed by atoms with E-state index in [1.54, 1.807) is 12.1 Å². The van der Waals surface area contributed by atoms with Gasteiger partial charge in [-0.1, -0.05) is 37.8 Å². The lowest BCUT2D eigenvalue weighted by atomic mass is 10.2. The summed E-state index contributed by atoms with van der Waals surface area (Å²) in [5.74, 6) is 0.511. The number of ether oxygens (including phenoxy) is 1. The van der Waals surface area contributed by atoms with Gasteiger partial charge < -0.3 is 10.5 Å². The van der Waals surface area contributed by atoms with Crippen LogP contribution in [0.25, 0.3) is 0 Å². The number of hydrogen-bond donors (Lipinski definition) is 1. The van der Waals surface area contributed by atoms with E-state index < -0.39 is 0 Å². The van der Waals surface area contributed by atoms with Crippen LogP contribution in [0.3, 0.4) is 0 Å². The van der Waals surface area contributed by atoms with Crippen LogP contribution in [-0.4, -0.2) is 11.6 Å². The first kappa shape index (κ1) is 12.1. The highest BCUT2D eigenvalue weighted by Crippen LogP contribution is 2.17. The van der Waals surface area contributed by atoms with Crippen molar-refractivity contribution in [2.24, 2.45) is 0 Å². The minimum atomic E-state index is 0.374.